The monoisotopic (exact) mass is 447 g/mol. The Labute approximate surface area is 183 Å². The molecule has 0 saturated carbocycles. The third-order valence-electron chi connectivity index (χ3n) is 3.87. The number of hydrogen-bond acceptors (Lipinski definition) is 6. The number of carbonyl (C=O) groups excluding carboxylic acids is 2. The van der Waals surface area contributed by atoms with Crippen molar-refractivity contribution in [1.82, 2.24) is 10.3 Å². The molecule has 0 radical (unpaired) electrons. The van der Waals surface area contributed by atoms with Crippen LogP contribution in [-0.4, -0.2) is 28.6 Å². The number of anilines is 1. The van der Waals surface area contributed by atoms with E-state index in [1.165, 1.54) is 17.6 Å². The van der Waals surface area contributed by atoms with Crippen LogP contribution in [0.3, 0.4) is 0 Å². The summed E-state index contributed by atoms with van der Waals surface area (Å²) in [7, 11) is 0. The van der Waals surface area contributed by atoms with E-state index in [0.717, 1.165) is 11.3 Å². The highest BCUT2D eigenvalue weighted by molar-refractivity contribution is 7.14. The Morgan fingerprint density at radius 3 is 2.60 bits per heavy atom. The number of carbonyl (C=O) groups is 2. The first-order valence-corrected chi connectivity index (χ1v) is 10.5. The van der Waals surface area contributed by atoms with Gasteiger partial charge in [-0.2, -0.15) is 0 Å². The zero-order valence-corrected chi connectivity index (χ0v) is 18.3. The lowest BCUT2D eigenvalue weighted by atomic mass is 10.1. The number of thiazole rings is 1. The molecule has 158 valence electrons. The minimum absolute atomic E-state index is 0.174. The number of aromatic nitrogens is 1. The van der Waals surface area contributed by atoms with Crippen molar-refractivity contribution in [1.29, 1.82) is 0 Å². The highest BCUT2D eigenvalue weighted by Gasteiger charge is 2.26. The maximum absolute atomic E-state index is 12.9. The summed E-state index contributed by atoms with van der Waals surface area (Å²) in [5, 5.41) is 8.25. The Bertz CT molecular complexity index is 994. The fourth-order valence-corrected chi connectivity index (χ4v) is 3.41. The molecule has 1 aromatic carbocycles. The molecule has 0 spiro atoms. The van der Waals surface area contributed by atoms with Crippen molar-refractivity contribution >= 4 is 40.1 Å². The molecule has 3 rings (SSSR count). The van der Waals surface area contributed by atoms with E-state index in [4.69, 9.17) is 20.8 Å². The molecule has 1 unspecified atom stereocenters. The molecule has 30 heavy (non-hydrogen) atoms. The smallest absolute Gasteiger partial charge is 0.408 e. The van der Waals surface area contributed by atoms with E-state index < -0.39 is 23.6 Å². The summed E-state index contributed by atoms with van der Waals surface area (Å²) in [5.41, 5.74) is 0.920. The Morgan fingerprint density at radius 1 is 1.23 bits per heavy atom. The predicted molar refractivity (Wildman–Crippen MR) is 117 cm³/mol. The molecule has 2 N–H and O–H groups in total. The summed E-state index contributed by atoms with van der Waals surface area (Å²) in [6, 6.07) is 9.82. The number of furan rings is 1. The first-order chi connectivity index (χ1) is 14.2. The number of halogens is 1. The van der Waals surface area contributed by atoms with Crippen LogP contribution in [0.5, 0.6) is 0 Å². The average Bonchev–Trinajstić information content (AvgIpc) is 3.32. The van der Waals surface area contributed by atoms with Crippen LogP contribution >= 0.6 is 22.9 Å². The summed E-state index contributed by atoms with van der Waals surface area (Å²) < 4.78 is 10.6. The van der Waals surface area contributed by atoms with Gasteiger partial charge in [-0.05, 0) is 45.0 Å². The number of nitrogens with one attached hydrogen (secondary N) is 2. The van der Waals surface area contributed by atoms with E-state index in [-0.39, 0.29) is 6.42 Å². The molecule has 2 heterocycles. The summed E-state index contributed by atoms with van der Waals surface area (Å²) in [4.78, 5) is 29.5. The second-order valence-electron chi connectivity index (χ2n) is 7.52. The molecule has 1 atom stereocenters. The lowest BCUT2D eigenvalue weighted by Gasteiger charge is -2.22. The number of benzene rings is 1. The van der Waals surface area contributed by atoms with Gasteiger partial charge in [0.1, 0.15) is 17.4 Å². The molecular weight excluding hydrogens is 426 g/mol. The van der Waals surface area contributed by atoms with Gasteiger partial charge in [-0.1, -0.05) is 23.7 Å². The molecule has 2 amide bonds. The van der Waals surface area contributed by atoms with Crippen LogP contribution in [-0.2, 0) is 16.0 Å². The van der Waals surface area contributed by atoms with Gasteiger partial charge in [0.2, 0.25) is 5.91 Å². The Morgan fingerprint density at radius 2 is 1.97 bits per heavy atom. The number of nitrogens with zero attached hydrogens (tertiary/aromatic N) is 1. The molecule has 0 saturated heterocycles. The average molecular weight is 448 g/mol. The fraction of sp³-hybridized carbons (Fsp3) is 0.286. The number of hydrogen-bond donors (Lipinski definition) is 2. The molecule has 0 bridgehead atoms. The van der Waals surface area contributed by atoms with E-state index >= 15 is 0 Å². The summed E-state index contributed by atoms with van der Waals surface area (Å²) in [6.07, 6.45) is 1.00. The molecule has 7 nitrogen and oxygen atoms in total. The molecule has 3 aromatic rings. The third-order valence-corrected chi connectivity index (χ3v) is 4.88. The van der Waals surface area contributed by atoms with Crippen LogP contribution in [0.15, 0.2) is 52.5 Å². The van der Waals surface area contributed by atoms with Crippen LogP contribution < -0.4 is 10.6 Å². The number of ether oxygens (including phenoxy) is 1. The number of rotatable bonds is 6. The van der Waals surface area contributed by atoms with Gasteiger partial charge in [0, 0.05) is 22.4 Å². The molecule has 0 fully saturated rings. The second kappa shape index (κ2) is 9.32. The number of amides is 2. The Balaban J connectivity index is 1.71. The van der Waals surface area contributed by atoms with E-state index in [1.807, 2.05) is 17.5 Å². The standard InChI is InChI=1S/C21H22ClN3O4S/c1-21(2,3)29-20(27)24-16(11-15-5-4-10-28-15)18(26)25-19-23-17(12-30-19)13-6-8-14(22)9-7-13/h4-10,12,16H,11H2,1-3H3,(H,24,27)(H,23,25,26). The first-order valence-electron chi connectivity index (χ1n) is 9.24. The van der Waals surface area contributed by atoms with Crippen LogP contribution in [0.1, 0.15) is 26.5 Å². The van der Waals surface area contributed by atoms with E-state index in [9.17, 15) is 9.59 Å². The maximum Gasteiger partial charge on any atom is 0.408 e. The zero-order chi connectivity index (χ0) is 21.7. The highest BCUT2D eigenvalue weighted by Crippen LogP contribution is 2.26. The van der Waals surface area contributed by atoms with E-state index in [2.05, 4.69) is 15.6 Å². The Hall–Kier alpha value is -2.84. The molecule has 0 aliphatic carbocycles. The van der Waals surface area contributed by atoms with Crippen molar-refractivity contribution in [2.45, 2.75) is 38.8 Å². The Kier molecular flexibility index (Phi) is 6.79. The van der Waals surface area contributed by atoms with Crippen molar-refractivity contribution in [3.8, 4) is 11.3 Å². The highest BCUT2D eigenvalue weighted by atomic mass is 35.5. The van der Waals surface area contributed by atoms with Crippen LogP contribution in [0.25, 0.3) is 11.3 Å². The van der Waals surface area contributed by atoms with Gasteiger partial charge in [-0.3, -0.25) is 4.79 Å². The van der Waals surface area contributed by atoms with E-state index in [1.54, 1.807) is 45.0 Å². The molecule has 0 aliphatic rings. The molecule has 9 heteroatoms. The molecular formula is C21H22ClN3O4S. The summed E-state index contributed by atoms with van der Waals surface area (Å²) in [6.45, 7) is 5.26. The van der Waals surface area contributed by atoms with Crippen LogP contribution in [0.4, 0.5) is 9.93 Å². The van der Waals surface area contributed by atoms with Gasteiger partial charge in [0.15, 0.2) is 5.13 Å². The van der Waals surface area contributed by atoms with Crippen LogP contribution in [0.2, 0.25) is 5.02 Å². The topological polar surface area (TPSA) is 93.5 Å². The first kappa shape index (κ1) is 21.9. The van der Waals surface area contributed by atoms with Gasteiger partial charge in [-0.15, -0.1) is 11.3 Å². The number of alkyl carbamates (subject to hydrolysis) is 1. The quantitative estimate of drug-likeness (QED) is 0.546. The normalized spacial score (nSPS) is 12.3. The van der Waals surface area contributed by atoms with Gasteiger partial charge in [0.25, 0.3) is 0 Å². The zero-order valence-electron chi connectivity index (χ0n) is 16.8. The fourth-order valence-electron chi connectivity index (χ4n) is 2.57. The largest absolute Gasteiger partial charge is 0.469 e. The van der Waals surface area contributed by atoms with Crippen molar-refractivity contribution in [3.63, 3.8) is 0 Å². The van der Waals surface area contributed by atoms with Crippen LogP contribution in [0, 0.1) is 0 Å². The van der Waals surface area contributed by atoms with Gasteiger partial charge in [-0.25, -0.2) is 9.78 Å². The third kappa shape index (κ3) is 6.33. The van der Waals surface area contributed by atoms with Gasteiger partial charge >= 0.3 is 6.09 Å². The summed E-state index contributed by atoms with van der Waals surface area (Å²) >= 11 is 7.21. The SMILES string of the molecule is CC(C)(C)OC(=O)NC(Cc1ccco1)C(=O)Nc1nc(-c2ccc(Cl)cc2)cs1. The lowest BCUT2D eigenvalue weighted by Crippen LogP contribution is -2.47. The van der Waals surface area contributed by atoms with Gasteiger partial charge < -0.3 is 19.8 Å². The summed E-state index contributed by atoms with van der Waals surface area (Å²) in [5.74, 6) is 0.140. The lowest BCUT2D eigenvalue weighted by molar-refractivity contribution is -0.118. The van der Waals surface area contributed by atoms with Crippen molar-refractivity contribution < 1.29 is 18.7 Å². The minimum Gasteiger partial charge on any atom is -0.469 e. The van der Waals surface area contributed by atoms with E-state index in [0.29, 0.717) is 15.9 Å². The predicted octanol–water partition coefficient (Wildman–Crippen LogP) is 5.13. The minimum atomic E-state index is -0.895. The molecule has 0 aliphatic heterocycles. The maximum atomic E-state index is 12.9. The van der Waals surface area contributed by atoms with Crippen molar-refractivity contribution in [2.24, 2.45) is 0 Å². The van der Waals surface area contributed by atoms with Gasteiger partial charge in [0.05, 0.1) is 12.0 Å². The van der Waals surface area contributed by atoms with Crippen molar-refractivity contribution in [2.75, 3.05) is 5.32 Å². The second-order valence-corrected chi connectivity index (χ2v) is 8.81. The molecule has 2 aromatic heterocycles. The van der Waals surface area contributed by atoms with Crippen molar-refractivity contribution in [3.05, 3.63) is 58.8 Å².